The summed E-state index contributed by atoms with van der Waals surface area (Å²) < 4.78 is 161. The summed E-state index contributed by atoms with van der Waals surface area (Å²) in [6.45, 7) is 0.601. The lowest BCUT2D eigenvalue weighted by Crippen LogP contribution is -2.38. The van der Waals surface area contributed by atoms with Gasteiger partial charge in [0.25, 0.3) is 17.9 Å². The maximum Gasteiger partial charge on any atom is 0.408 e. The molecule has 3 atom stereocenters. The van der Waals surface area contributed by atoms with E-state index in [0.717, 1.165) is 34.4 Å². The number of sulfonamides is 1. The van der Waals surface area contributed by atoms with E-state index < -0.39 is 129 Å². The van der Waals surface area contributed by atoms with Crippen molar-refractivity contribution in [2.75, 3.05) is 11.0 Å². The van der Waals surface area contributed by atoms with Crippen LogP contribution in [0.5, 0.6) is 0 Å². The lowest BCUT2D eigenvalue weighted by molar-refractivity contribution is -0.141. The van der Waals surface area contributed by atoms with Crippen molar-refractivity contribution in [2.24, 2.45) is 5.92 Å². The van der Waals surface area contributed by atoms with Crippen LogP contribution in [0.2, 0.25) is 5.02 Å². The van der Waals surface area contributed by atoms with Crippen LogP contribution in [0.3, 0.4) is 0 Å². The molecule has 0 radical (unpaired) electrons. The number of rotatable bonds is 12. The second-order valence-corrected chi connectivity index (χ2v) is 18.7. The van der Waals surface area contributed by atoms with E-state index in [9.17, 15) is 43.9 Å². The second-order valence-electron chi connectivity index (χ2n) is 16.6. The molecule has 7 aromatic rings. The second kappa shape index (κ2) is 16.1. The van der Waals surface area contributed by atoms with Gasteiger partial charge in [0.15, 0.2) is 5.82 Å². The molecule has 2 aliphatic carbocycles. The zero-order valence-corrected chi connectivity index (χ0v) is 36.4. The number of hydrogen-bond donors (Lipinski definition) is 2. The number of hydrogen-bond acceptors (Lipinski definition) is 8. The molecule has 0 aliphatic heterocycles. The van der Waals surface area contributed by atoms with Crippen LogP contribution in [-0.4, -0.2) is 60.9 Å². The molecule has 4 aromatic heterocycles. The lowest BCUT2D eigenvalue weighted by atomic mass is 10.0. The van der Waals surface area contributed by atoms with Crippen LogP contribution < -0.4 is 15.6 Å². The Kier molecular flexibility index (Phi) is 11.0. The standard InChI is InChI=1S/C43H33ClF9N9O4S/c1-18-8-19(2)54-28(9-18)21-4-5-24-29(13-21)56-40(62(41(24)64)31-7-6-27(44)34-36(31)61(17-42(49,50)51)58-39(34)59-67(3,65)66)30(12-20-10-22(45)14-23(46)11-20)55-32(63)16-60-37-33(35(57-60)38(47)48)25-15-26(25)43(37,52)53/h4-11,13-14,25-26,30,38H,12,15-17H2,1-3H3,(H,55,63)(H,58,59)/t25-,26+,30-/m0/s1. The van der Waals surface area contributed by atoms with Crippen LogP contribution in [0.4, 0.5) is 45.3 Å². The molecule has 2 N–H and O–H groups in total. The summed E-state index contributed by atoms with van der Waals surface area (Å²) >= 11 is 6.53. The van der Waals surface area contributed by atoms with Gasteiger partial charge >= 0.3 is 6.18 Å². The van der Waals surface area contributed by atoms with Crippen molar-refractivity contribution in [3.05, 3.63) is 127 Å². The molecule has 24 heteroatoms. The number of alkyl halides is 7. The van der Waals surface area contributed by atoms with Crippen molar-refractivity contribution in [1.82, 2.24) is 39.4 Å². The summed E-state index contributed by atoms with van der Waals surface area (Å²) in [7, 11) is -4.24. The minimum Gasteiger partial charge on any atom is -0.344 e. The molecular formula is C43H33ClF9N9O4S. The van der Waals surface area contributed by atoms with Gasteiger partial charge in [0.05, 0.1) is 50.5 Å². The number of anilines is 1. The molecule has 2 aliphatic rings. The molecule has 1 saturated carbocycles. The third-order valence-electron chi connectivity index (χ3n) is 11.4. The fourth-order valence-corrected chi connectivity index (χ4v) is 9.65. The van der Waals surface area contributed by atoms with Gasteiger partial charge in [-0.05, 0) is 85.8 Å². The van der Waals surface area contributed by atoms with E-state index in [-0.39, 0.29) is 33.5 Å². The number of carbonyl (C=O) groups excluding carboxylic acids is 1. The molecular weight excluding hydrogens is 945 g/mol. The third-order valence-corrected chi connectivity index (χ3v) is 12.3. The molecule has 9 rings (SSSR count). The molecule has 67 heavy (non-hydrogen) atoms. The highest BCUT2D eigenvalue weighted by molar-refractivity contribution is 7.92. The number of nitrogens with one attached hydrogen (secondary N) is 2. The SMILES string of the molecule is Cc1cc(C)nc(-c2ccc3c(=O)n(-c4ccc(Cl)c5c(NS(C)(=O)=O)nn(CC(F)(F)F)c45)c([C@H](Cc4cc(F)cc(F)c4)NC(=O)Cn4nc(C(F)F)c5c4C(F)(F)[C@@H]4C[C@H]54)nc3c2)c1. The number of aryl methyl sites for hydroxylation is 2. The maximum absolute atomic E-state index is 15.6. The van der Waals surface area contributed by atoms with E-state index in [4.69, 9.17) is 16.6 Å². The van der Waals surface area contributed by atoms with Gasteiger partial charge in [0, 0.05) is 35.2 Å². The largest absolute Gasteiger partial charge is 0.408 e. The monoisotopic (exact) mass is 977 g/mol. The Morgan fingerprint density at radius 1 is 0.970 bits per heavy atom. The zero-order chi connectivity index (χ0) is 48.2. The van der Waals surface area contributed by atoms with Crippen molar-refractivity contribution in [2.45, 2.75) is 70.3 Å². The first-order chi connectivity index (χ1) is 31.4. The number of nitrogens with zero attached hydrogens (tertiary/aromatic N) is 7. The Hall–Kier alpha value is -6.49. The van der Waals surface area contributed by atoms with E-state index >= 15 is 13.6 Å². The number of benzene rings is 3. The Morgan fingerprint density at radius 2 is 1.69 bits per heavy atom. The Labute approximate surface area is 377 Å². The van der Waals surface area contributed by atoms with E-state index in [0.29, 0.717) is 38.6 Å². The molecule has 0 spiro atoms. The van der Waals surface area contributed by atoms with Gasteiger partial charge in [-0.1, -0.05) is 17.7 Å². The number of fused-ring (bicyclic) bond motifs is 5. The lowest BCUT2D eigenvalue weighted by Gasteiger charge is -2.24. The summed E-state index contributed by atoms with van der Waals surface area (Å²) in [6.07, 6.45) is -8.30. The van der Waals surface area contributed by atoms with Crippen LogP contribution in [-0.2, 0) is 40.3 Å². The Bertz CT molecular complexity index is 3350. The van der Waals surface area contributed by atoms with Crippen LogP contribution in [0.25, 0.3) is 38.8 Å². The number of carbonyl (C=O) groups is 1. The minimum atomic E-state index is -5.01. The summed E-state index contributed by atoms with van der Waals surface area (Å²) in [6, 6.07) is 10.7. The predicted octanol–water partition coefficient (Wildman–Crippen LogP) is 8.72. The molecule has 1 amide bonds. The molecule has 0 saturated heterocycles. The highest BCUT2D eigenvalue weighted by Gasteiger charge is 2.67. The first kappa shape index (κ1) is 45.7. The van der Waals surface area contributed by atoms with Crippen molar-refractivity contribution in [1.29, 1.82) is 0 Å². The number of amides is 1. The van der Waals surface area contributed by atoms with E-state index in [1.165, 1.54) is 18.2 Å². The molecule has 0 unspecified atom stereocenters. The smallest absolute Gasteiger partial charge is 0.344 e. The molecule has 3 aromatic carbocycles. The molecule has 1 fully saturated rings. The van der Waals surface area contributed by atoms with Gasteiger partial charge in [-0.2, -0.15) is 32.1 Å². The fraction of sp³-hybridized carbons (Fsp3) is 0.302. The Morgan fingerprint density at radius 3 is 2.34 bits per heavy atom. The van der Waals surface area contributed by atoms with Gasteiger partial charge in [0.2, 0.25) is 15.9 Å². The number of aromatic nitrogens is 7. The quantitative estimate of drug-likeness (QED) is 0.115. The van der Waals surface area contributed by atoms with Crippen LogP contribution in [0, 0.1) is 31.4 Å². The van der Waals surface area contributed by atoms with E-state index in [2.05, 4.69) is 20.5 Å². The van der Waals surface area contributed by atoms with Crippen molar-refractivity contribution >= 4 is 55.2 Å². The Balaban J connectivity index is 1.30. The summed E-state index contributed by atoms with van der Waals surface area (Å²) in [5.74, 6) is -10.4. The van der Waals surface area contributed by atoms with Gasteiger partial charge in [-0.25, -0.2) is 31.0 Å². The summed E-state index contributed by atoms with van der Waals surface area (Å²) in [5, 5.41) is 9.22. The van der Waals surface area contributed by atoms with Gasteiger partial charge in [-0.15, -0.1) is 0 Å². The van der Waals surface area contributed by atoms with Crippen LogP contribution in [0.1, 0.15) is 64.4 Å². The maximum atomic E-state index is 15.6. The molecule has 0 bridgehead atoms. The molecule has 13 nitrogen and oxygen atoms in total. The summed E-state index contributed by atoms with van der Waals surface area (Å²) in [5.41, 5.74) is -2.13. The minimum absolute atomic E-state index is 0.0675. The highest BCUT2D eigenvalue weighted by atomic mass is 35.5. The predicted molar refractivity (Wildman–Crippen MR) is 226 cm³/mol. The zero-order valence-electron chi connectivity index (χ0n) is 34.9. The van der Waals surface area contributed by atoms with E-state index in [1.807, 2.05) is 17.7 Å². The van der Waals surface area contributed by atoms with Gasteiger partial charge in [-0.3, -0.25) is 33.2 Å². The van der Waals surface area contributed by atoms with Gasteiger partial charge < -0.3 is 5.32 Å². The van der Waals surface area contributed by atoms with E-state index in [1.54, 1.807) is 13.0 Å². The number of pyridine rings is 1. The highest BCUT2D eigenvalue weighted by Crippen LogP contribution is 2.68. The van der Waals surface area contributed by atoms with Gasteiger partial charge in [0.1, 0.15) is 41.9 Å². The van der Waals surface area contributed by atoms with Crippen molar-refractivity contribution in [3.8, 4) is 16.9 Å². The first-order valence-corrected chi connectivity index (χ1v) is 22.4. The molecule has 350 valence electrons. The van der Waals surface area contributed by atoms with Crippen LogP contribution >= 0.6 is 11.6 Å². The third kappa shape index (κ3) is 8.57. The van der Waals surface area contributed by atoms with Crippen LogP contribution in [0.15, 0.2) is 65.5 Å². The van der Waals surface area contributed by atoms with Crippen molar-refractivity contribution < 1.29 is 52.7 Å². The average Bonchev–Trinajstić information content (AvgIpc) is 3.73. The fourth-order valence-electron chi connectivity index (χ4n) is 8.92. The number of halogens is 10. The van der Waals surface area contributed by atoms with Crippen molar-refractivity contribution in [3.63, 3.8) is 0 Å². The molecule has 4 heterocycles. The topological polar surface area (TPSA) is 159 Å². The summed E-state index contributed by atoms with van der Waals surface area (Å²) in [4.78, 5) is 38.7. The average molecular weight is 978 g/mol. The normalized spacial score (nSPS) is 17.0. The first-order valence-electron chi connectivity index (χ1n) is 20.1.